The molecule has 1 amide bonds. The molecule has 0 unspecified atom stereocenters. The van der Waals surface area contributed by atoms with E-state index < -0.39 is 0 Å². The fraction of sp³-hybridized carbons (Fsp3) is 0.300. The van der Waals surface area contributed by atoms with Gasteiger partial charge in [0.1, 0.15) is 11.5 Å². The van der Waals surface area contributed by atoms with Crippen LogP contribution < -0.4 is 10.6 Å². The highest BCUT2D eigenvalue weighted by atomic mass is 19.1. The van der Waals surface area contributed by atoms with Gasteiger partial charge in [0.05, 0.1) is 24.5 Å². The van der Waals surface area contributed by atoms with Gasteiger partial charge in [0.2, 0.25) is 0 Å². The van der Waals surface area contributed by atoms with Crippen LogP contribution in [0.1, 0.15) is 10.4 Å². The molecular formula is C20H21FN4O2. The van der Waals surface area contributed by atoms with Crippen molar-refractivity contribution in [2.45, 2.75) is 0 Å². The molecule has 7 heteroatoms. The summed E-state index contributed by atoms with van der Waals surface area (Å²) < 4.78 is 20.4. The average molecular weight is 368 g/mol. The van der Waals surface area contributed by atoms with Crippen LogP contribution >= 0.6 is 0 Å². The number of amides is 1. The molecule has 1 aromatic carbocycles. The molecule has 0 radical (unpaired) electrons. The number of aromatic nitrogens is 2. The van der Waals surface area contributed by atoms with Gasteiger partial charge < -0.3 is 19.8 Å². The van der Waals surface area contributed by atoms with Gasteiger partial charge in [0.25, 0.3) is 5.91 Å². The number of hydrogen-bond acceptors (Lipinski definition) is 4. The Morgan fingerprint density at radius 2 is 2.11 bits per heavy atom. The van der Waals surface area contributed by atoms with Crippen LogP contribution in [0.15, 0.2) is 48.8 Å². The lowest BCUT2D eigenvalue weighted by atomic mass is 10.1. The normalized spacial score (nSPS) is 17.6. The fourth-order valence-corrected chi connectivity index (χ4v) is 3.12. The zero-order chi connectivity index (χ0) is 18.6. The van der Waals surface area contributed by atoms with Crippen LogP contribution in [0.4, 0.5) is 4.39 Å². The minimum atomic E-state index is -0.282. The van der Waals surface area contributed by atoms with E-state index in [0.717, 1.165) is 30.0 Å². The Morgan fingerprint density at radius 3 is 2.96 bits per heavy atom. The number of pyridine rings is 1. The van der Waals surface area contributed by atoms with Gasteiger partial charge in [-0.2, -0.15) is 0 Å². The van der Waals surface area contributed by atoms with Crippen molar-refractivity contribution in [1.29, 1.82) is 0 Å². The lowest BCUT2D eigenvalue weighted by molar-refractivity contribution is 0.0921. The standard InChI is InChI=1S/C20H21FN4O2/c21-17-4-1-15(2-5-17)18-12-25-11-16(3-6-19(25)24-18)20(26)23-10-14-9-22-7-8-27-13-14/h1-6,11-12,14,22H,7-10,13H2,(H,23,26)/t14-/m1/s1. The number of benzene rings is 1. The molecule has 3 heterocycles. The number of rotatable bonds is 4. The van der Waals surface area contributed by atoms with Crippen LogP contribution in [-0.2, 0) is 4.74 Å². The van der Waals surface area contributed by atoms with Crippen molar-refractivity contribution >= 4 is 11.6 Å². The number of hydrogen-bond donors (Lipinski definition) is 2. The molecule has 0 saturated carbocycles. The molecular weight excluding hydrogens is 347 g/mol. The smallest absolute Gasteiger partial charge is 0.252 e. The predicted molar refractivity (Wildman–Crippen MR) is 100 cm³/mol. The number of nitrogens with zero attached hydrogens (tertiary/aromatic N) is 2. The largest absolute Gasteiger partial charge is 0.380 e. The van der Waals surface area contributed by atoms with Crippen molar-refractivity contribution in [2.75, 3.05) is 32.8 Å². The van der Waals surface area contributed by atoms with E-state index >= 15 is 0 Å². The van der Waals surface area contributed by atoms with Crippen molar-refractivity contribution in [3.8, 4) is 11.3 Å². The van der Waals surface area contributed by atoms with E-state index in [9.17, 15) is 9.18 Å². The van der Waals surface area contributed by atoms with Gasteiger partial charge in [-0.1, -0.05) is 0 Å². The Labute approximate surface area is 156 Å². The second kappa shape index (κ2) is 7.85. The summed E-state index contributed by atoms with van der Waals surface area (Å²) in [7, 11) is 0. The first-order valence-electron chi connectivity index (χ1n) is 9.00. The summed E-state index contributed by atoms with van der Waals surface area (Å²) >= 11 is 0. The number of nitrogens with one attached hydrogen (secondary N) is 2. The monoisotopic (exact) mass is 368 g/mol. The third-order valence-electron chi connectivity index (χ3n) is 4.61. The number of carbonyl (C=O) groups is 1. The summed E-state index contributed by atoms with van der Waals surface area (Å²) in [4.78, 5) is 17.0. The molecule has 6 nitrogen and oxygen atoms in total. The molecule has 3 aromatic rings. The highest BCUT2D eigenvalue weighted by Crippen LogP contribution is 2.20. The van der Waals surface area contributed by atoms with Crippen LogP contribution in [0, 0.1) is 11.7 Å². The molecule has 0 aliphatic carbocycles. The SMILES string of the molecule is O=C(NC[C@H]1CNCCOC1)c1ccc2nc(-c3ccc(F)cc3)cn2c1. The Morgan fingerprint density at radius 1 is 1.26 bits per heavy atom. The second-order valence-corrected chi connectivity index (χ2v) is 6.67. The van der Waals surface area contributed by atoms with E-state index in [1.807, 2.05) is 10.6 Å². The van der Waals surface area contributed by atoms with Crippen molar-refractivity contribution in [3.05, 3.63) is 60.2 Å². The Balaban J connectivity index is 1.47. The minimum Gasteiger partial charge on any atom is -0.380 e. The maximum Gasteiger partial charge on any atom is 0.252 e. The van der Waals surface area contributed by atoms with Crippen LogP contribution in [0.5, 0.6) is 0 Å². The zero-order valence-electron chi connectivity index (χ0n) is 14.8. The summed E-state index contributed by atoms with van der Waals surface area (Å²) in [5.41, 5.74) is 2.85. The van der Waals surface area contributed by atoms with Gasteiger partial charge in [-0.05, 0) is 36.4 Å². The predicted octanol–water partition coefficient (Wildman–Crippen LogP) is 2.11. The summed E-state index contributed by atoms with van der Waals surface area (Å²) in [5, 5.41) is 6.27. The van der Waals surface area contributed by atoms with E-state index in [-0.39, 0.29) is 17.6 Å². The number of halogens is 1. The van der Waals surface area contributed by atoms with Crippen molar-refractivity contribution < 1.29 is 13.9 Å². The Bertz CT molecular complexity index is 931. The van der Waals surface area contributed by atoms with Gasteiger partial charge in [0.15, 0.2) is 0 Å². The first kappa shape index (κ1) is 17.6. The first-order chi connectivity index (χ1) is 13.2. The Hall–Kier alpha value is -2.77. The van der Waals surface area contributed by atoms with Crippen LogP contribution in [0.3, 0.4) is 0 Å². The first-order valence-corrected chi connectivity index (χ1v) is 9.00. The molecule has 140 valence electrons. The molecule has 1 aliphatic heterocycles. The van der Waals surface area contributed by atoms with E-state index in [1.54, 1.807) is 30.5 Å². The van der Waals surface area contributed by atoms with Gasteiger partial charge >= 0.3 is 0 Å². The molecule has 27 heavy (non-hydrogen) atoms. The summed E-state index contributed by atoms with van der Waals surface area (Å²) in [6.07, 6.45) is 3.59. The topological polar surface area (TPSA) is 67.7 Å². The molecule has 4 rings (SSSR count). The highest BCUT2D eigenvalue weighted by molar-refractivity contribution is 5.94. The van der Waals surface area contributed by atoms with E-state index in [0.29, 0.717) is 25.3 Å². The Kier molecular flexibility index (Phi) is 5.13. The molecule has 2 aromatic heterocycles. The molecule has 1 atom stereocenters. The number of ether oxygens (including phenoxy) is 1. The van der Waals surface area contributed by atoms with Crippen LogP contribution in [-0.4, -0.2) is 48.1 Å². The van der Waals surface area contributed by atoms with Gasteiger partial charge in [-0.3, -0.25) is 4.79 Å². The minimum absolute atomic E-state index is 0.127. The number of carbonyl (C=O) groups excluding carboxylic acids is 1. The van der Waals surface area contributed by atoms with E-state index in [2.05, 4.69) is 15.6 Å². The van der Waals surface area contributed by atoms with Gasteiger partial charge in [0, 0.05) is 43.5 Å². The quantitative estimate of drug-likeness (QED) is 0.740. The number of fused-ring (bicyclic) bond motifs is 1. The lowest BCUT2D eigenvalue weighted by Crippen LogP contribution is -2.35. The second-order valence-electron chi connectivity index (χ2n) is 6.67. The summed E-state index contributed by atoms with van der Waals surface area (Å²) in [6, 6.07) is 9.75. The van der Waals surface area contributed by atoms with Gasteiger partial charge in [-0.15, -0.1) is 0 Å². The lowest BCUT2D eigenvalue weighted by Gasteiger charge is -2.14. The van der Waals surface area contributed by atoms with Crippen molar-refractivity contribution in [3.63, 3.8) is 0 Å². The van der Waals surface area contributed by atoms with E-state index in [4.69, 9.17) is 4.74 Å². The maximum atomic E-state index is 13.1. The van der Waals surface area contributed by atoms with Crippen molar-refractivity contribution in [1.82, 2.24) is 20.0 Å². The van der Waals surface area contributed by atoms with Crippen LogP contribution in [0.25, 0.3) is 16.9 Å². The fourth-order valence-electron chi connectivity index (χ4n) is 3.12. The van der Waals surface area contributed by atoms with E-state index in [1.165, 1.54) is 12.1 Å². The highest BCUT2D eigenvalue weighted by Gasteiger charge is 2.15. The zero-order valence-corrected chi connectivity index (χ0v) is 14.8. The molecule has 1 saturated heterocycles. The molecule has 0 bridgehead atoms. The molecule has 1 aliphatic rings. The molecule has 2 N–H and O–H groups in total. The molecule has 1 fully saturated rings. The summed E-state index contributed by atoms with van der Waals surface area (Å²) in [6.45, 7) is 3.60. The average Bonchev–Trinajstić information content (AvgIpc) is 2.93. The van der Waals surface area contributed by atoms with Crippen LogP contribution in [0.2, 0.25) is 0 Å². The number of imidazole rings is 1. The van der Waals surface area contributed by atoms with Crippen molar-refractivity contribution in [2.24, 2.45) is 5.92 Å². The van der Waals surface area contributed by atoms with Gasteiger partial charge in [-0.25, -0.2) is 9.37 Å². The maximum absolute atomic E-state index is 13.1. The third kappa shape index (κ3) is 4.15. The molecule has 0 spiro atoms. The summed E-state index contributed by atoms with van der Waals surface area (Å²) in [5.74, 6) is -0.146. The third-order valence-corrected chi connectivity index (χ3v) is 4.61.